The number of nitrogens with zero attached hydrogens (tertiary/aromatic N) is 2. The summed E-state index contributed by atoms with van der Waals surface area (Å²) >= 11 is 0. The van der Waals surface area contributed by atoms with Crippen LogP contribution in [0.5, 0.6) is 5.75 Å². The van der Waals surface area contributed by atoms with Gasteiger partial charge in [-0.15, -0.1) is 0 Å². The topological polar surface area (TPSA) is 77.2 Å². The van der Waals surface area contributed by atoms with Crippen LogP contribution in [0.1, 0.15) is 18.4 Å². The average molecular weight is 337 g/mol. The molecule has 3 aromatic rings. The number of nitrogens with one attached hydrogen (secondary N) is 1. The van der Waals surface area contributed by atoms with Crippen molar-refractivity contribution >= 4 is 5.91 Å². The van der Waals surface area contributed by atoms with Gasteiger partial charge in [-0.2, -0.15) is 4.98 Å². The Kier molecular flexibility index (Phi) is 5.09. The summed E-state index contributed by atoms with van der Waals surface area (Å²) in [7, 11) is 0. The minimum absolute atomic E-state index is 0.153. The Balaban J connectivity index is 1.56. The molecule has 0 aliphatic rings. The molecule has 0 aliphatic carbocycles. The number of para-hydroxylation sites is 1. The fourth-order valence-electron chi connectivity index (χ4n) is 2.29. The third kappa shape index (κ3) is 4.44. The maximum atomic E-state index is 12.1. The maximum absolute atomic E-state index is 12.1. The molecular weight excluding hydrogens is 318 g/mol. The number of benzene rings is 2. The Morgan fingerprint density at radius 1 is 1.20 bits per heavy atom. The van der Waals surface area contributed by atoms with E-state index >= 15 is 0 Å². The number of carbonyl (C=O) groups is 1. The maximum Gasteiger partial charge on any atom is 0.261 e. The number of aromatic nitrogens is 2. The lowest BCUT2D eigenvalue weighted by Gasteiger charge is -2.13. The molecule has 1 N–H and O–H groups in total. The molecule has 1 heterocycles. The van der Waals surface area contributed by atoms with Crippen molar-refractivity contribution in [3.63, 3.8) is 0 Å². The second-order valence-corrected chi connectivity index (χ2v) is 5.67. The minimum atomic E-state index is -0.624. The van der Waals surface area contributed by atoms with Gasteiger partial charge in [0.15, 0.2) is 6.10 Å². The third-order valence-electron chi connectivity index (χ3n) is 3.58. The lowest BCUT2D eigenvalue weighted by Crippen LogP contribution is -2.35. The van der Waals surface area contributed by atoms with Crippen molar-refractivity contribution in [1.82, 2.24) is 15.5 Å². The van der Waals surface area contributed by atoms with Crippen LogP contribution >= 0.6 is 0 Å². The normalized spacial score (nSPS) is 11.8. The van der Waals surface area contributed by atoms with Crippen LogP contribution in [0, 0.1) is 6.92 Å². The van der Waals surface area contributed by atoms with Crippen molar-refractivity contribution in [2.24, 2.45) is 0 Å². The first-order valence-electron chi connectivity index (χ1n) is 8.01. The number of aryl methyl sites for hydroxylation is 1. The molecule has 0 fully saturated rings. The zero-order valence-electron chi connectivity index (χ0n) is 14.1. The average Bonchev–Trinajstić information content (AvgIpc) is 3.09. The zero-order valence-corrected chi connectivity index (χ0v) is 14.1. The van der Waals surface area contributed by atoms with E-state index in [1.54, 1.807) is 19.1 Å². The number of hydrogen-bond donors (Lipinski definition) is 1. The van der Waals surface area contributed by atoms with Crippen LogP contribution in [0.4, 0.5) is 0 Å². The Hall–Kier alpha value is -3.15. The number of ether oxygens (including phenoxy) is 1. The first-order valence-corrected chi connectivity index (χ1v) is 8.01. The van der Waals surface area contributed by atoms with Crippen LogP contribution in [0.2, 0.25) is 0 Å². The van der Waals surface area contributed by atoms with Crippen molar-refractivity contribution in [1.29, 1.82) is 0 Å². The van der Waals surface area contributed by atoms with Gasteiger partial charge in [0.2, 0.25) is 11.7 Å². The molecule has 0 bridgehead atoms. The number of hydrogen-bond acceptors (Lipinski definition) is 5. The van der Waals surface area contributed by atoms with Crippen LogP contribution in [-0.2, 0) is 11.3 Å². The molecule has 1 atom stereocenters. The summed E-state index contributed by atoms with van der Waals surface area (Å²) in [6, 6.07) is 17.0. The Morgan fingerprint density at radius 3 is 2.76 bits per heavy atom. The van der Waals surface area contributed by atoms with Gasteiger partial charge in [0.05, 0.1) is 6.54 Å². The smallest absolute Gasteiger partial charge is 0.261 e. The largest absolute Gasteiger partial charge is 0.481 e. The molecule has 6 nitrogen and oxygen atoms in total. The predicted molar refractivity (Wildman–Crippen MR) is 92.8 cm³/mol. The molecule has 1 aromatic heterocycles. The molecule has 3 rings (SSSR count). The molecule has 25 heavy (non-hydrogen) atoms. The fraction of sp³-hybridized carbons (Fsp3) is 0.211. The van der Waals surface area contributed by atoms with Gasteiger partial charge >= 0.3 is 0 Å². The SMILES string of the molecule is Cc1cccc(-c2noc(CNC(=O)C(C)Oc3ccccc3)n2)c1. The number of rotatable bonds is 6. The number of amides is 1. The summed E-state index contributed by atoms with van der Waals surface area (Å²) in [6.07, 6.45) is -0.624. The summed E-state index contributed by atoms with van der Waals surface area (Å²) in [6.45, 7) is 3.84. The van der Waals surface area contributed by atoms with Crippen molar-refractivity contribution < 1.29 is 14.1 Å². The molecule has 128 valence electrons. The summed E-state index contributed by atoms with van der Waals surface area (Å²) in [5, 5.41) is 6.68. The monoisotopic (exact) mass is 337 g/mol. The van der Waals surface area contributed by atoms with Crippen molar-refractivity contribution in [3.05, 3.63) is 66.1 Å². The summed E-state index contributed by atoms with van der Waals surface area (Å²) in [5.74, 6) is 1.24. The summed E-state index contributed by atoms with van der Waals surface area (Å²) in [4.78, 5) is 16.4. The molecule has 0 spiro atoms. The lowest BCUT2D eigenvalue weighted by atomic mass is 10.1. The van der Waals surface area contributed by atoms with Gasteiger partial charge in [-0.05, 0) is 32.0 Å². The van der Waals surface area contributed by atoms with E-state index in [1.165, 1.54) is 0 Å². The highest BCUT2D eigenvalue weighted by Gasteiger charge is 2.16. The van der Waals surface area contributed by atoms with Crippen molar-refractivity contribution in [2.75, 3.05) is 0 Å². The van der Waals surface area contributed by atoms with Gasteiger partial charge in [-0.25, -0.2) is 0 Å². The molecule has 0 radical (unpaired) electrons. The summed E-state index contributed by atoms with van der Waals surface area (Å²) in [5.41, 5.74) is 1.99. The Morgan fingerprint density at radius 2 is 2.00 bits per heavy atom. The highest BCUT2D eigenvalue weighted by atomic mass is 16.5. The van der Waals surface area contributed by atoms with Crippen LogP contribution in [0.15, 0.2) is 59.1 Å². The van der Waals surface area contributed by atoms with Crippen LogP contribution in [0.25, 0.3) is 11.4 Å². The van der Waals surface area contributed by atoms with Crippen molar-refractivity contribution in [3.8, 4) is 17.1 Å². The van der Waals surface area contributed by atoms with Gasteiger partial charge < -0.3 is 14.6 Å². The van der Waals surface area contributed by atoms with E-state index < -0.39 is 6.10 Å². The van der Waals surface area contributed by atoms with E-state index in [0.717, 1.165) is 11.1 Å². The van der Waals surface area contributed by atoms with Gasteiger partial charge in [-0.3, -0.25) is 4.79 Å². The standard InChI is InChI=1S/C19H19N3O3/c1-13-7-6-8-15(11-13)18-21-17(25-22-18)12-20-19(23)14(2)24-16-9-4-3-5-10-16/h3-11,14H,12H2,1-2H3,(H,20,23). The third-order valence-corrected chi connectivity index (χ3v) is 3.58. The van der Waals surface area contributed by atoms with Crippen LogP contribution in [-0.4, -0.2) is 22.2 Å². The van der Waals surface area contributed by atoms with Crippen LogP contribution < -0.4 is 10.1 Å². The first kappa shape index (κ1) is 16.7. The van der Waals surface area contributed by atoms with Gasteiger partial charge in [-0.1, -0.05) is 47.1 Å². The fourth-order valence-corrected chi connectivity index (χ4v) is 2.29. The first-order chi connectivity index (χ1) is 12.1. The molecule has 1 amide bonds. The lowest BCUT2D eigenvalue weighted by molar-refractivity contribution is -0.127. The Bertz CT molecular complexity index is 846. The quantitative estimate of drug-likeness (QED) is 0.748. The van der Waals surface area contributed by atoms with E-state index in [1.807, 2.05) is 49.4 Å². The minimum Gasteiger partial charge on any atom is -0.481 e. The molecule has 0 saturated heterocycles. The van der Waals surface area contributed by atoms with E-state index in [4.69, 9.17) is 9.26 Å². The second-order valence-electron chi connectivity index (χ2n) is 5.67. The Labute approximate surface area is 145 Å². The van der Waals surface area contributed by atoms with E-state index in [2.05, 4.69) is 15.5 Å². The molecule has 6 heteroatoms. The second kappa shape index (κ2) is 7.61. The van der Waals surface area contributed by atoms with Crippen LogP contribution in [0.3, 0.4) is 0 Å². The van der Waals surface area contributed by atoms with E-state index in [9.17, 15) is 4.79 Å². The molecule has 1 unspecified atom stereocenters. The van der Waals surface area contributed by atoms with E-state index in [-0.39, 0.29) is 12.5 Å². The van der Waals surface area contributed by atoms with E-state index in [0.29, 0.717) is 17.5 Å². The highest BCUT2D eigenvalue weighted by Crippen LogP contribution is 2.17. The number of carbonyl (C=O) groups excluding carboxylic acids is 1. The molecular formula is C19H19N3O3. The molecule has 0 saturated carbocycles. The zero-order chi connectivity index (χ0) is 17.6. The highest BCUT2D eigenvalue weighted by molar-refractivity contribution is 5.80. The molecule has 2 aromatic carbocycles. The van der Waals surface area contributed by atoms with Gasteiger partial charge in [0, 0.05) is 5.56 Å². The van der Waals surface area contributed by atoms with Crippen molar-refractivity contribution in [2.45, 2.75) is 26.5 Å². The molecule has 0 aliphatic heterocycles. The predicted octanol–water partition coefficient (Wildman–Crippen LogP) is 3.13. The van der Waals surface area contributed by atoms with Gasteiger partial charge in [0.25, 0.3) is 5.91 Å². The summed E-state index contributed by atoms with van der Waals surface area (Å²) < 4.78 is 10.8. The van der Waals surface area contributed by atoms with Gasteiger partial charge in [0.1, 0.15) is 5.75 Å².